The SMILES string of the molecule is COc1cc(N)cc(OC)c1OC.COc1cc(Nc2cc(-n3ccc4ccc(Br)cc43)ncn2)cc(C)c1OC.Clc1cc(N2CCc3ccc(Br)cc32)ncn1. The van der Waals surface area contributed by atoms with Crippen molar-refractivity contribution in [3.63, 3.8) is 0 Å². The topological polar surface area (TPSA) is 144 Å². The average Bonchev–Trinajstić information content (AvgIpc) is 3.84. The number of hydrogen-bond donors (Lipinski definition) is 2. The van der Waals surface area contributed by atoms with Crippen molar-refractivity contribution in [2.24, 2.45) is 0 Å². The lowest BCUT2D eigenvalue weighted by Gasteiger charge is -2.18. The zero-order chi connectivity index (χ0) is 41.3. The molecule has 16 heteroatoms. The number of hydrogen-bond acceptors (Lipinski definition) is 12. The quantitative estimate of drug-likeness (QED) is 0.105. The molecule has 3 aromatic heterocycles. The van der Waals surface area contributed by atoms with Gasteiger partial charge in [-0.25, -0.2) is 19.9 Å². The van der Waals surface area contributed by atoms with E-state index in [0.29, 0.717) is 39.7 Å². The summed E-state index contributed by atoms with van der Waals surface area (Å²) in [5, 5.41) is 4.94. The Balaban J connectivity index is 0.000000161. The van der Waals surface area contributed by atoms with Crippen LogP contribution >= 0.6 is 43.5 Å². The van der Waals surface area contributed by atoms with Crippen molar-refractivity contribution in [2.75, 3.05) is 58.0 Å². The van der Waals surface area contributed by atoms with Crippen molar-refractivity contribution in [3.05, 3.63) is 123 Å². The van der Waals surface area contributed by atoms with Gasteiger partial charge in [-0.05, 0) is 60.9 Å². The van der Waals surface area contributed by atoms with Crippen molar-refractivity contribution >= 4 is 83.1 Å². The average molecular weight is 933 g/mol. The van der Waals surface area contributed by atoms with Crippen LogP contribution in [0.1, 0.15) is 11.1 Å². The Morgan fingerprint density at radius 1 is 0.690 bits per heavy atom. The Kier molecular flexibility index (Phi) is 13.8. The minimum Gasteiger partial charge on any atom is -0.493 e. The summed E-state index contributed by atoms with van der Waals surface area (Å²) in [6.45, 7) is 2.90. The number of nitrogens with two attached hydrogens (primary N) is 1. The van der Waals surface area contributed by atoms with Crippen LogP contribution in [0.25, 0.3) is 16.7 Å². The van der Waals surface area contributed by atoms with Crippen LogP contribution in [0.3, 0.4) is 0 Å². The molecule has 3 N–H and O–H groups in total. The Morgan fingerprint density at radius 2 is 1.34 bits per heavy atom. The van der Waals surface area contributed by atoms with Crippen molar-refractivity contribution in [1.29, 1.82) is 0 Å². The number of nitrogens with one attached hydrogen (secondary N) is 1. The molecule has 0 unspecified atom stereocenters. The molecule has 0 saturated heterocycles. The van der Waals surface area contributed by atoms with Gasteiger partial charge < -0.3 is 44.2 Å². The van der Waals surface area contributed by atoms with Crippen molar-refractivity contribution in [1.82, 2.24) is 24.5 Å². The molecular formula is C42H41Br2ClN8O5. The van der Waals surface area contributed by atoms with Gasteiger partial charge in [0.1, 0.15) is 35.3 Å². The van der Waals surface area contributed by atoms with Gasteiger partial charge in [-0.1, -0.05) is 55.6 Å². The number of aryl methyl sites for hydroxylation is 1. The Hall–Kier alpha value is -5.77. The first kappa shape index (κ1) is 41.9. The minimum absolute atomic E-state index is 0.471. The monoisotopic (exact) mass is 930 g/mol. The summed E-state index contributed by atoms with van der Waals surface area (Å²) in [5.41, 5.74) is 11.6. The summed E-state index contributed by atoms with van der Waals surface area (Å²) < 4.78 is 30.2. The van der Waals surface area contributed by atoms with E-state index in [-0.39, 0.29) is 0 Å². The number of nitrogens with zero attached hydrogens (tertiary/aromatic N) is 6. The predicted octanol–water partition coefficient (Wildman–Crippen LogP) is 10.1. The smallest absolute Gasteiger partial charge is 0.203 e. The number of fused-ring (bicyclic) bond motifs is 2. The van der Waals surface area contributed by atoms with E-state index in [1.807, 2.05) is 42.0 Å². The first-order chi connectivity index (χ1) is 28.0. The maximum atomic E-state index is 5.89. The molecule has 0 bridgehead atoms. The summed E-state index contributed by atoms with van der Waals surface area (Å²) in [7, 11) is 7.91. The second-order valence-electron chi connectivity index (χ2n) is 12.6. The number of anilines is 5. The van der Waals surface area contributed by atoms with Crippen molar-refractivity contribution in [3.8, 4) is 34.6 Å². The molecule has 1 aliphatic heterocycles. The highest BCUT2D eigenvalue weighted by Crippen LogP contribution is 2.39. The van der Waals surface area contributed by atoms with Crippen molar-refractivity contribution < 1.29 is 23.7 Å². The van der Waals surface area contributed by atoms with E-state index in [4.69, 9.17) is 41.0 Å². The van der Waals surface area contributed by atoms with Gasteiger partial charge in [-0.3, -0.25) is 0 Å². The number of halogens is 3. The fourth-order valence-electron chi connectivity index (χ4n) is 6.39. The van der Waals surface area contributed by atoms with Gasteiger partial charge in [0.15, 0.2) is 23.0 Å². The molecule has 4 heterocycles. The van der Waals surface area contributed by atoms with Gasteiger partial charge in [0, 0.05) is 74.5 Å². The maximum absolute atomic E-state index is 5.89. The van der Waals surface area contributed by atoms with Crippen LogP contribution < -0.4 is 39.6 Å². The molecule has 0 amide bonds. The van der Waals surface area contributed by atoms with E-state index in [2.05, 4.69) is 98.4 Å². The minimum atomic E-state index is 0.471. The van der Waals surface area contributed by atoms with Gasteiger partial charge in [-0.2, -0.15) is 0 Å². The fourth-order valence-corrected chi connectivity index (χ4v) is 7.23. The Labute approximate surface area is 358 Å². The normalized spacial score (nSPS) is 11.4. The van der Waals surface area contributed by atoms with Crippen LogP contribution in [-0.4, -0.2) is 66.6 Å². The Bertz CT molecular complexity index is 2510. The summed E-state index contributed by atoms with van der Waals surface area (Å²) >= 11 is 12.9. The molecule has 7 aromatic rings. The molecule has 300 valence electrons. The summed E-state index contributed by atoms with van der Waals surface area (Å²) in [4.78, 5) is 19.1. The molecule has 0 aliphatic carbocycles. The number of benzene rings is 4. The van der Waals surface area contributed by atoms with Crippen LogP contribution in [-0.2, 0) is 6.42 Å². The maximum Gasteiger partial charge on any atom is 0.203 e. The van der Waals surface area contributed by atoms with Crippen LogP contribution in [0.5, 0.6) is 28.7 Å². The zero-order valence-electron chi connectivity index (χ0n) is 32.6. The predicted molar refractivity (Wildman–Crippen MR) is 237 cm³/mol. The van der Waals surface area contributed by atoms with Crippen LogP contribution in [0, 0.1) is 6.92 Å². The molecule has 58 heavy (non-hydrogen) atoms. The molecule has 0 spiro atoms. The first-order valence-electron chi connectivity index (χ1n) is 17.7. The molecule has 4 aromatic carbocycles. The number of methoxy groups -OCH3 is 5. The van der Waals surface area contributed by atoms with Gasteiger partial charge in [-0.15, -0.1) is 0 Å². The lowest BCUT2D eigenvalue weighted by molar-refractivity contribution is 0.325. The third kappa shape index (κ3) is 9.67. The van der Waals surface area contributed by atoms with Crippen LogP contribution in [0.15, 0.2) is 107 Å². The standard InChI is InChI=1S/C21H19BrN4O2.C12H9BrClN3.C9H13NO3/c1-13-8-16(10-18(27-2)21(13)28-3)25-19-11-20(24-12-23-19)26-7-6-14-4-5-15(22)9-17(14)26;13-9-2-1-8-3-4-17(10(8)5-9)12-6-11(14)15-7-16-12;1-11-7-4-6(10)5-8(12-2)9(7)13-3/h4-12H,1-3H3,(H,23,24,25);1-2,5-7H,3-4H2;4-5H,10H2,1-3H3. The molecule has 1 aliphatic rings. The first-order valence-corrected chi connectivity index (χ1v) is 19.7. The lowest BCUT2D eigenvalue weighted by Crippen LogP contribution is -2.14. The second-order valence-corrected chi connectivity index (χ2v) is 14.9. The molecule has 0 atom stereocenters. The highest BCUT2D eigenvalue weighted by Gasteiger charge is 2.22. The van der Waals surface area contributed by atoms with Gasteiger partial charge in [0.05, 0.1) is 41.1 Å². The molecule has 0 saturated carbocycles. The van der Waals surface area contributed by atoms with Gasteiger partial charge in [0.25, 0.3) is 0 Å². The van der Waals surface area contributed by atoms with E-state index in [9.17, 15) is 0 Å². The van der Waals surface area contributed by atoms with E-state index in [1.165, 1.54) is 17.6 Å². The molecule has 8 rings (SSSR count). The molecular weight excluding hydrogens is 892 g/mol. The summed E-state index contributed by atoms with van der Waals surface area (Å²) in [6.07, 6.45) is 6.08. The van der Waals surface area contributed by atoms with E-state index >= 15 is 0 Å². The van der Waals surface area contributed by atoms with Crippen LogP contribution in [0.2, 0.25) is 5.15 Å². The number of aromatic nitrogens is 5. The van der Waals surface area contributed by atoms with Gasteiger partial charge in [0.2, 0.25) is 5.75 Å². The third-order valence-corrected chi connectivity index (χ3v) is 10.2. The van der Waals surface area contributed by atoms with E-state index in [0.717, 1.165) is 61.5 Å². The lowest BCUT2D eigenvalue weighted by atomic mass is 10.2. The second kappa shape index (κ2) is 19.1. The number of ether oxygens (including phenoxy) is 5. The van der Waals surface area contributed by atoms with E-state index < -0.39 is 0 Å². The molecule has 0 fully saturated rings. The number of nitrogen functional groups attached to an aromatic ring is 1. The largest absolute Gasteiger partial charge is 0.493 e. The van der Waals surface area contributed by atoms with Crippen molar-refractivity contribution in [2.45, 2.75) is 13.3 Å². The molecule has 0 radical (unpaired) electrons. The third-order valence-electron chi connectivity index (χ3n) is 9.02. The van der Waals surface area contributed by atoms with Crippen LogP contribution in [0.4, 0.5) is 28.7 Å². The fraction of sp³-hybridized carbons (Fsp3) is 0.190. The molecule has 13 nitrogen and oxygen atoms in total. The Morgan fingerprint density at radius 3 is 2.03 bits per heavy atom. The highest BCUT2D eigenvalue weighted by molar-refractivity contribution is 9.10. The number of rotatable bonds is 9. The van der Waals surface area contributed by atoms with Gasteiger partial charge >= 0.3 is 0 Å². The zero-order valence-corrected chi connectivity index (χ0v) is 36.5. The summed E-state index contributed by atoms with van der Waals surface area (Å²) in [6, 6.07) is 25.5. The van der Waals surface area contributed by atoms with E-state index in [1.54, 1.807) is 60.1 Å². The summed E-state index contributed by atoms with van der Waals surface area (Å²) in [5.74, 6) is 5.40. The highest BCUT2D eigenvalue weighted by atomic mass is 79.9.